The van der Waals surface area contributed by atoms with E-state index in [-0.39, 0.29) is 0 Å². The van der Waals surface area contributed by atoms with E-state index in [9.17, 15) is 18.3 Å². The van der Waals surface area contributed by atoms with Gasteiger partial charge < -0.3 is 5.11 Å². The van der Waals surface area contributed by atoms with Gasteiger partial charge in [-0.2, -0.15) is 13.2 Å². The summed E-state index contributed by atoms with van der Waals surface area (Å²) in [6, 6.07) is 8.39. The highest BCUT2D eigenvalue weighted by atomic mass is 35.5. The molecule has 0 amide bonds. The molecule has 1 nitrogen and oxygen atoms in total. The third-order valence-electron chi connectivity index (χ3n) is 3.39. The number of aliphatic hydroxyl groups is 1. The van der Waals surface area contributed by atoms with E-state index < -0.39 is 17.8 Å². The molecule has 0 radical (unpaired) electrons. The number of rotatable bonds is 2. The zero-order valence-electron chi connectivity index (χ0n) is 11.5. The largest absolute Gasteiger partial charge is 0.416 e. The van der Waals surface area contributed by atoms with Crippen LogP contribution in [0.5, 0.6) is 0 Å². The maximum atomic E-state index is 12.6. The van der Waals surface area contributed by atoms with Crippen LogP contribution in [0, 0.1) is 13.8 Å². The lowest BCUT2D eigenvalue weighted by atomic mass is 9.95. The Hall–Kier alpha value is -1.52. The van der Waals surface area contributed by atoms with Gasteiger partial charge in [-0.1, -0.05) is 29.8 Å². The van der Waals surface area contributed by atoms with Crippen molar-refractivity contribution in [1.82, 2.24) is 0 Å². The lowest BCUT2D eigenvalue weighted by Crippen LogP contribution is -2.08. The van der Waals surface area contributed by atoms with Gasteiger partial charge in [0.05, 0.1) is 5.56 Å². The highest BCUT2D eigenvalue weighted by Gasteiger charge is 2.31. The van der Waals surface area contributed by atoms with Gasteiger partial charge in [0.1, 0.15) is 6.10 Å². The van der Waals surface area contributed by atoms with Crippen LogP contribution >= 0.6 is 11.6 Å². The minimum absolute atomic E-state index is 0.393. The zero-order chi connectivity index (χ0) is 15.8. The SMILES string of the molecule is Cc1cc(C(O)c2ccc(C(F)(F)F)cc2C)ccc1Cl. The lowest BCUT2D eigenvalue weighted by Gasteiger charge is -2.17. The first kappa shape index (κ1) is 15.9. The van der Waals surface area contributed by atoms with E-state index >= 15 is 0 Å². The first-order valence-corrected chi connectivity index (χ1v) is 6.70. The van der Waals surface area contributed by atoms with Crippen molar-refractivity contribution in [3.8, 4) is 0 Å². The Labute approximate surface area is 126 Å². The number of halogens is 4. The first-order valence-electron chi connectivity index (χ1n) is 6.32. The molecule has 0 bridgehead atoms. The van der Waals surface area contributed by atoms with Gasteiger partial charge >= 0.3 is 6.18 Å². The fourth-order valence-electron chi connectivity index (χ4n) is 2.18. The van der Waals surface area contributed by atoms with Crippen molar-refractivity contribution in [3.63, 3.8) is 0 Å². The molecule has 0 saturated carbocycles. The molecule has 0 saturated heterocycles. The molecule has 2 aromatic carbocycles. The molecule has 21 heavy (non-hydrogen) atoms. The van der Waals surface area contributed by atoms with Gasteiger partial charge in [0.25, 0.3) is 0 Å². The normalized spacial score (nSPS) is 13.3. The summed E-state index contributed by atoms with van der Waals surface area (Å²) in [4.78, 5) is 0. The van der Waals surface area contributed by atoms with Crippen molar-refractivity contribution in [1.29, 1.82) is 0 Å². The van der Waals surface area contributed by atoms with Crippen LogP contribution in [0.25, 0.3) is 0 Å². The van der Waals surface area contributed by atoms with Crippen molar-refractivity contribution in [2.24, 2.45) is 0 Å². The second-order valence-electron chi connectivity index (χ2n) is 4.98. The number of aryl methyl sites for hydroxylation is 2. The van der Waals surface area contributed by atoms with Crippen molar-refractivity contribution >= 4 is 11.6 Å². The van der Waals surface area contributed by atoms with Gasteiger partial charge in [-0.05, 0) is 54.3 Å². The molecule has 1 unspecified atom stereocenters. The van der Waals surface area contributed by atoms with E-state index in [1.807, 2.05) is 0 Å². The summed E-state index contributed by atoms with van der Waals surface area (Å²) in [7, 11) is 0. The van der Waals surface area contributed by atoms with Crippen LogP contribution < -0.4 is 0 Å². The maximum Gasteiger partial charge on any atom is 0.416 e. The molecule has 2 rings (SSSR count). The van der Waals surface area contributed by atoms with Gasteiger partial charge in [0, 0.05) is 5.02 Å². The van der Waals surface area contributed by atoms with Crippen LogP contribution in [-0.2, 0) is 6.18 Å². The Balaban J connectivity index is 2.39. The summed E-state index contributed by atoms with van der Waals surface area (Å²) < 4.78 is 37.9. The van der Waals surface area contributed by atoms with Crippen LogP contribution in [0.2, 0.25) is 5.02 Å². The Bertz CT molecular complexity index is 665. The standard InChI is InChI=1S/C16H14ClF3O/c1-9-8-12(16(18,19)20)4-5-13(9)15(21)11-3-6-14(17)10(2)7-11/h3-8,15,21H,1-2H3. The molecule has 0 aliphatic carbocycles. The van der Waals surface area contributed by atoms with Gasteiger partial charge in [-0.25, -0.2) is 0 Å². The summed E-state index contributed by atoms with van der Waals surface area (Å²) in [5.74, 6) is 0. The van der Waals surface area contributed by atoms with E-state index in [1.54, 1.807) is 32.0 Å². The van der Waals surface area contributed by atoms with Gasteiger partial charge in [-0.3, -0.25) is 0 Å². The zero-order valence-corrected chi connectivity index (χ0v) is 12.3. The Morgan fingerprint density at radius 3 is 2.19 bits per heavy atom. The fraction of sp³-hybridized carbons (Fsp3) is 0.250. The monoisotopic (exact) mass is 314 g/mol. The molecule has 0 heterocycles. The molecule has 0 aliphatic rings. The molecule has 5 heteroatoms. The van der Waals surface area contributed by atoms with Crippen molar-refractivity contribution < 1.29 is 18.3 Å². The quantitative estimate of drug-likeness (QED) is 0.821. The highest BCUT2D eigenvalue weighted by molar-refractivity contribution is 6.31. The Morgan fingerprint density at radius 2 is 1.67 bits per heavy atom. The van der Waals surface area contributed by atoms with E-state index in [1.165, 1.54) is 6.07 Å². The van der Waals surface area contributed by atoms with Crippen LogP contribution in [0.4, 0.5) is 13.2 Å². The minimum Gasteiger partial charge on any atom is -0.384 e. The Kier molecular flexibility index (Phi) is 4.30. The molecule has 1 atom stereocenters. The fourth-order valence-corrected chi connectivity index (χ4v) is 2.29. The third kappa shape index (κ3) is 3.39. The number of benzene rings is 2. The molecular weight excluding hydrogens is 301 g/mol. The van der Waals surface area contributed by atoms with E-state index in [0.717, 1.165) is 17.7 Å². The highest BCUT2D eigenvalue weighted by Crippen LogP contribution is 2.33. The van der Waals surface area contributed by atoms with E-state index in [2.05, 4.69) is 0 Å². The number of aliphatic hydroxyl groups excluding tert-OH is 1. The summed E-state index contributed by atoms with van der Waals surface area (Å²) in [6.45, 7) is 3.36. The van der Waals surface area contributed by atoms with E-state index in [4.69, 9.17) is 11.6 Å². The number of hydrogen-bond donors (Lipinski definition) is 1. The molecule has 0 spiro atoms. The predicted octanol–water partition coefficient (Wildman–Crippen LogP) is 5.06. The summed E-state index contributed by atoms with van der Waals surface area (Å²) in [6.07, 6.45) is -5.37. The summed E-state index contributed by atoms with van der Waals surface area (Å²) in [5.41, 5.74) is 1.52. The summed E-state index contributed by atoms with van der Waals surface area (Å²) >= 11 is 5.93. The molecule has 1 N–H and O–H groups in total. The average molecular weight is 315 g/mol. The van der Waals surface area contributed by atoms with Crippen LogP contribution in [0.15, 0.2) is 36.4 Å². The van der Waals surface area contributed by atoms with Crippen LogP contribution in [-0.4, -0.2) is 5.11 Å². The van der Waals surface area contributed by atoms with Crippen molar-refractivity contribution in [2.45, 2.75) is 26.1 Å². The van der Waals surface area contributed by atoms with Gasteiger partial charge in [-0.15, -0.1) is 0 Å². The van der Waals surface area contributed by atoms with Crippen LogP contribution in [0.1, 0.15) is 33.9 Å². The second kappa shape index (κ2) is 5.70. The van der Waals surface area contributed by atoms with Crippen LogP contribution in [0.3, 0.4) is 0 Å². The molecule has 0 aliphatic heterocycles. The molecule has 0 fully saturated rings. The number of alkyl halides is 3. The molecule has 112 valence electrons. The molecule has 2 aromatic rings. The second-order valence-corrected chi connectivity index (χ2v) is 5.39. The third-order valence-corrected chi connectivity index (χ3v) is 3.81. The lowest BCUT2D eigenvalue weighted by molar-refractivity contribution is -0.137. The first-order chi connectivity index (χ1) is 9.70. The predicted molar refractivity (Wildman–Crippen MR) is 76.4 cm³/mol. The smallest absolute Gasteiger partial charge is 0.384 e. The summed E-state index contributed by atoms with van der Waals surface area (Å²) in [5, 5.41) is 10.9. The maximum absolute atomic E-state index is 12.6. The molecular formula is C16H14ClF3O. The Morgan fingerprint density at radius 1 is 1.00 bits per heavy atom. The van der Waals surface area contributed by atoms with E-state index in [0.29, 0.717) is 21.7 Å². The molecule has 0 aromatic heterocycles. The topological polar surface area (TPSA) is 20.2 Å². The van der Waals surface area contributed by atoms with Gasteiger partial charge in [0.2, 0.25) is 0 Å². The van der Waals surface area contributed by atoms with Crippen molar-refractivity contribution in [2.75, 3.05) is 0 Å². The van der Waals surface area contributed by atoms with Gasteiger partial charge in [0.15, 0.2) is 0 Å². The van der Waals surface area contributed by atoms with Crippen molar-refractivity contribution in [3.05, 3.63) is 69.2 Å². The average Bonchev–Trinajstić information content (AvgIpc) is 2.40. The minimum atomic E-state index is -4.38. The number of hydrogen-bond acceptors (Lipinski definition) is 1.